The minimum atomic E-state index is -6.02. The first-order chi connectivity index (χ1) is 4.00. The average Bonchev–Trinajstić information content (AvgIpc) is 1.12. The van der Waals surface area contributed by atoms with Crippen molar-refractivity contribution in [1.29, 1.82) is 0 Å². The van der Waals surface area contributed by atoms with Crippen molar-refractivity contribution >= 4 is 0 Å². The van der Waals surface area contributed by atoms with E-state index in [9.17, 15) is 0 Å². The van der Waals surface area contributed by atoms with E-state index in [1.807, 2.05) is 0 Å². The van der Waals surface area contributed by atoms with Crippen LogP contribution in [0.4, 0.5) is 0 Å². The molecular formula is CoMo2NiO8. The fraction of sp³-hybridized carbons (Fsp3) is 0. The van der Waals surface area contributed by atoms with E-state index in [2.05, 4.69) is 0 Å². The van der Waals surface area contributed by atoms with Crippen molar-refractivity contribution in [3.05, 3.63) is 0 Å². The summed E-state index contributed by atoms with van der Waals surface area (Å²) >= 11 is -12.0. The zero-order chi connectivity index (χ0) is 9.00. The third kappa shape index (κ3) is 617. The summed E-state index contributed by atoms with van der Waals surface area (Å²) in [5.74, 6) is 0. The van der Waals surface area contributed by atoms with Gasteiger partial charge < -0.3 is 0 Å². The van der Waals surface area contributed by atoms with Gasteiger partial charge in [-0.05, 0) is 0 Å². The van der Waals surface area contributed by atoms with Crippen LogP contribution >= 0.6 is 0 Å². The van der Waals surface area contributed by atoms with Crippen molar-refractivity contribution in [3.8, 4) is 0 Å². The predicted molar refractivity (Wildman–Crippen MR) is 2.75 cm³/mol. The van der Waals surface area contributed by atoms with Crippen molar-refractivity contribution in [2.75, 3.05) is 0 Å². The molecule has 0 aliphatic rings. The molecule has 0 amide bonds. The number of rotatable bonds is 0. The molecule has 0 spiro atoms. The molecule has 0 fully saturated rings. The van der Waals surface area contributed by atoms with Gasteiger partial charge in [0.05, 0.1) is 0 Å². The van der Waals surface area contributed by atoms with E-state index in [1.54, 1.807) is 0 Å². The molecule has 0 rings (SSSR count). The Labute approximate surface area is 94.5 Å². The molecule has 1 radical (unpaired) electrons. The Hall–Kier alpha value is 1.42. The van der Waals surface area contributed by atoms with Gasteiger partial charge in [0.2, 0.25) is 0 Å². The van der Waals surface area contributed by atoms with Gasteiger partial charge in [-0.1, -0.05) is 0 Å². The van der Waals surface area contributed by atoms with Crippen LogP contribution in [0.15, 0.2) is 0 Å². The molecule has 0 aliphatic heterocycles. The molecule has 0 bridgehead atoms. The molecule has 0 unspecified atom stereocenters. The Morgan fingerprint density at radius 3 is 0.667 bits per heavy atom. The second kappa shape index (κ2) is 8.99. The van der Waals surface area contributed by atoms with Crippen LogP contribution in [0.3, 0.4) is 0 Å². The molecule has 12 heavy (non-hydrogen) atoms. The Balaban J connectivity index is -0.0000000457. The van der Waals surface area contributed by atoms with Gasteiger partial charge in [0.15, 0.2) is 0 Å². The second-order valence-electron chi connectivity index (χ2n) is 0.816. The fourth-order valence-electron chi connectivity index (χ4n) is 0. The average molecular weight is 437 g/mol. The monoisotopic (exact) mass is 441 g/mol. The third-order valence-corrected chi connectivity index (χ3v) is 0. The fourth-order valence-corrected chi connectivity index (χ4v) is 0. The van der Waals surface area contributed by atoms with E-state index in [4.69, 9.17) is 28.6 Å². The summed E-state index contributed by atoms with van der Waals surface area (Å²) in [5.41, 5.74) is 0. The van der Waals surface area contributed by atoms with E-state index < -0.39 is 33.5 Å². The van der Waals surface area contributed by atoms with Gasteiger partial charge in [-0.3, -0.25) is 0 Å². The van der Waals surface area contributed by atoms with Crippen LogP contribution < -0.4 is 15.0 Å². The molecule has 0 aromatic heterocycles. The van der Waals surface area contributed by atoms with Crippen LogP contribution in [0, 0.1) is 0 Å². The summed E-state index contributed by atoms with van der Waals surface area (Å²) < 4.78 is 69.0. The van der Waals surface area contributed by atoms with Gasteiger partial charge in [-0.15, -0.1) is 0 Å². The van der Waals surface area contributed by atoms with Crippen molar-refractivity contribution in [2.24, 2.45) is 0 Å². The minimum absolute atomic E-state index is 0. The molecule has 8 nitrogen and oxygen atoms in total. The summed E-state index contributed by atoms with van der Waals surface area (Å²) in [5, 5.41) is 0. The molecule has 0 saturated heterocycles. The summed E-state index contributed by atoms with van der Waals surface area (Å²) in [6.07, 6.45) is 0. The Morgan fingerprint density at radius 2 is 0.667 bits per heavy atom. The molecule has 0 aromatic rings. The van der Waals surface area contributed by atoms with Gasteiger partial charge in [0.25, 0.3) is 0 Å². The van der Waals surface area contributed by atoms with Crippen LogP contribution in [-0.4, -0.2) is 0 Å². The molecular weight excluding hydrogens is 437 g/mol. The Bertz CT molecular complexity index is 213. The van der Waals surface area contributed by atoms with Crippen LogP contribution in [0.25, 0.3) is 0 Å². The third-order valence-electron chi connectivity index (χ3n) is 0. The zero-order valence-corrected chi connectivity index (χ0v) is 10.8. The standard InChI is InChI=1S/Co.2Mo.Ni.8O/q+2;;;+2;;;;;4*-1. The molecule has 0 N–H and O–H groups in total. The molecule has 0 atom stereocenters. The van der Waals surface area contributed by atoms with E-state index in [1.165, 1.54) is 0 Å². The first kappa shape index (κ1) is 23.3. The van der Waals surface area contributed by atoms with Crippen LogP contribution in [0.1, 0.15) is 0 Å². The topological polar surface area (TPSA) is 161 Å². The van der Waals surface area contributed by atoms with E-state index in [0.29, 0.717) is 0 Å². The first-order valence-corrected chi connectivity index (χ1v) is 7.89. The maximum atomic E-state index is 8.63. The van der Waals surface area contributed by atoms with Crippen LogP contribution in [0.5, 0.6) is 0 Å². The summed E-state index contributed by atoms with van der Waals surface area (Å²) in [4.78, 5) is 0. The van der Waals surface area contributed by atoms with Gasteiger partial charge in [0.1, 0.15) is 0 Å². The molecule has 0 aromatic carbocycles. The quantitative estimate of drug-likeness (QED) is 0.340. The predicted octanol–water partition coefficient (Wildman–Crippen LogP) is -5.24. The first-order valence-electron chi connectivity index (χ1n) is 1.33. The van der Waals surface area contributed by atoms with Crippen molar-refractivity contribution in [1.82, 2.24) is 0 Å². The molecule has 79 valence electrons. The van der Waals surface area contributed by atoms with E-state index in [0.717, 1.165) is 0 Å². The SMILES string of the molecule is [Co+2].[Ni+2].[O]=[Mo](=[O])([O-])[O-].[O]=[Mo](=[O])([O-])[O-]. The van der Waals surface area contributed by atoms with E-state index in [-0.39, 0.29) is 33.3 Å². The van der Waals surface area contributed by atoms with Gasteiger partial charge in [-0.25, -0.2) is 0 Å². The molecule has 12 heteroatoms. The molecule has 0 aliphatic carbocycles. The van der Waals surface area contributed by atoms with E-state index >= 15 is 0 Å². The van der Waals surface area contributed by atoms with Crippen molar-refractivity contribution in [3.63, 3.8) is 0 Å². The van der Waals surface area contributed by atoms with Gasteiger partial charge >= 0.3 is 95.4 Å². The zero-order valence-electron chi connectivity index (χ0n) is 4.73. The summed E-state index contributed by atoms with van der Waals surface area (Å²) in [7, 11) is 0. The summed E-state index contributed by atoms with van der Waals surface area (Å²) in [6.45, 7) is 0. The second-order valence-corrected chi connectivity index (χ2v) is 4.83. The maximum absolute atomic E-state index is 8.63. The van der Waals surface area contributed by atoms with Crippen LogP contribution in [0.2, 0.25) is 0 Å². The molecule has 0 saturated carbocycles. The number of hydrogen-bond acceptors (Lipinski definition) is 8. The summed E-state index contributed by atoms with van der Waals surface area (Å²) in [6, 6.07) is 0. The number of hydrogen-bond donors (Lipinski definition) is 0. The van der Waals surface area contributed by atoms with Crippen LogP contribution in [-0.2, 0) is 80.4 Å². The van der Waals surface area contributed by atoms with Crippen molar-refractivity contribution < 1.29 is 95.4 Å². The molecule has 0 heterocycles. The van der Waals surface area contributed by atoms with Gasteiger partial charge in [0, 0.05) is 0 Å². The Kier molecular flexibility index (Phi) is 17.5. The van der Waals surface area contributed by atoms with Gasteiger partial charge in [-0.2, -0.15) is 0 Å². The normalized spacial score (nSPS) is 9.67. The van der Waals surface area contributed by atoms with Crippen molar-refractivity contribution in [2.45, 2.75) is 0 Å². The Morgan fingerprint density at radius 1 is 0.667 bits per heavy atom.